The van der Waals surface area contributed by atoms with Crippen LogP contribution in [0.2, 0.25) is 0 Å². The van der Waals surface area contributed by atoms with Crippen LogP contribution in [-0.4, -0.2) is 34.3 Å². The highest BCUT2D eigenvalue weighted by atomic mass is 32.1. The van der Waals surface area contributed by atoms with E-state index in [2.05, 4.69) is 15.6 Å². The summed E-state index contributed by atoms with van der Waals surface area (Å²) in [6.07, 6.45) is 0. The summed E-state index contributed by atoms with van der Waals surface area (Å²) in [5.41, 5.74) is -0.0569. The predicted octanol–water partition coefficient (Wildman–Crippen LogP) is 2.52. The van der Waals surface area contributed by atoms with Crippen molar-refractivity contribution in [2.75, 3.05) is 6.54 Å². The van der Waals surface area contributed by atoms with Gasteiger partial charge in [-0.2, -0.15) is 0 Å². The molecule has 148 valence electrons. The normalized spacial score (nSPS) is 18.9. The second-order valence-corrected chi connectivity index (χ2v) is 7.92. The van der Waals surface area contributed by atoms with Gasteiger partial charge in [0.1, 0.15) is 22.9 Å². The monoisotopic (exact) mass is 412 g/mol. The van der Waals surface area contributed by atoms with Gasteiger partial charge in [0.2, 0.25) is 5.91 Å². The molecule has 0 spiro atoms. The maximum Gasteiger partial charge on any atom is 0.325 e. The molecule has 1 unspecified atom stereocenters. The van der Waals surface area contributed by atoms with Crippen LogP contribution in [0.5, 0.6) is 0 Å². The van der Waals surface area contributed by atoms with E-state index in [1.54, 1.807) is 0 Å². The number of fused-ring (bicyclic) bond motifs is 1. The molecule has 2 aromatic carbocycles. The van der Waals surface area contributed by atoms with E-state index in [1.165, 1.54) is 42.5 Å². The number of nitrogens with zero attached hydrogens (tertiary/aromatic N) is 2. The number of para-hydroxylation sites is 1. The van der Waals surface area contributed by atoms with Crippen LogP contribution < -0.4 is 10.6 Å². The third kappa shape index (κ3) is 3.56. The highest BCUT2D eigenvalue weighted by Gasteiger charge is 2.49. The summed E-state index contributed by atoms with van der Waals surface area (Å²) in [5, 5.41) is 6.01. The van der Waals surface area contributed by atoms with E-state index in [-0.39, 0.29) is 6.54 Å². The number of rotatable bonds is 5. The molecule has 2 heterocycles. The highest BCUT2D eigenvalue weighted by Crippen LogP contribution is 2.28. The number of benzene rings is 2. The predicted molar refractivity (Wildman–Crippen MR) is 105 cm³/mol. The van der Waals surface area contributed by atoms with E-state index in [0.29, 0.717) is 5.56 Å². The van der Waals surface area contributed by atoms with Crippen molar-refractivity contribution in [1.82, 2.24) is 20.5 Å². The summed E-state index contributed by atoms with van der Waals surface area (Å²) in [5.74, 6) is -1.49. The quantitative estimate of drug-likeness (QED) is 0.630. The van der Waals surface area contributed by atoms with Crippen LogP contribution in [0.4, 0.5) is 9.18 Å². The first-order valence-corrected chi connectivity index (χ1v) is 9.70. The lowest BCUT2D eigenvalue weighted by Crippen LogP contribution is -2.43. The number of aromatic nitrogens is 1. The van der Waals surface area contributed by atoms with Crippen molar-refractivity contribution in [3.05, 3.63) is 64.9 Å². The van der Waals surface area contributed by atoms with Crippen molar-refractivity contribution in [2.45, 2.75) is 19.0 Å². The zero-order valence-corrected chi connectivity index (χ0v) is 16.3. The van der Waals surface area contributed by atoms with Crippen LogP contribution in [0.25, 0.3) is 10.2 Å². The Morgan fingerprint density at radius 2 is 1.93 bits per heavy atom. The summed E-state index contributed by atoms with van der Waals surface area (Å²) in [6.45, 7) is 1.32. The second-order valence-electron chi connectivity index (χ2n) is 6.81. The lowest BCUT2D eigenvalue weighted by molar-refractivity contribution is -0.134. The fourth-order valence-corrected chi connectivity index (χ4v) is 4.10. The third-order valence-electron chi connectivity index (χ3n) is 4.77. The number of nitrogens with one attached hydrogen (secondary N) is 2. The molecule has 9 heteroatoms. The summed E-state index contributed by atoms with van der Waals surface area (Å²) in [7, 11) is 0. The Hall–Kier alpha value is -3.33. The number of thiazole rings is 1. The van der Waals surface area contributed by atoms with E-state index in [9.17, 15) is 18.8 Å². The maximum absolute atomic E-state index is 13.2. The molecule has 0 bridgehead atoms. The van der Waals surface area contributed by atoms with E-state index < -0.39 is 35.7 Å². The molecule has 0 radical (unpaired) electrons. The first-order chi connectivity index (χ1) is 13.9. The maximum atomic E-state index is 13.2. The lowest BCUT2D eigenvalue weighted by atomic mass is 9.92. The molecule has 7 nitrogen and oxygen atoms in total. The number of carbonyl (C=O) groups excluding carboxylic acids is 3. The minimum Gasteiger partial charge on any atom is -0.348 e. The van der Waals surface area contributed by atoms with Crippen molar-refractivity contribution in [1.29, 1.82) is 0 Å². The average Bonchev–Trinajstić information content (AvgIpc) is 3.21. The first kappa shape index (κ1) is 19.0. The van der Waals surface area contributed by atoms with E-state index >= 15 is 0 Å². The van der Waals surface area contributed by atoms with Gasteiger partial charge in [0, 0.05) is 0 Å². The van der Waals surface area contributed by atoms with Crippen molar-refractivity contribution in [3.63, 3.8) is 0 Å². The number of amides is 4. The molecule has 1 aliphatic heterocycles. The molecule has 1 aromatic heterocycles. The summed E-state index contributed by atoms with van der Waals surface area (Å²) >= 11 is 1.46. The number of carbonyl (C=O) groups is 3. The van der Waals surface area contributed by atoms with Crippen LogP contribution >= 0.6 is 11.3 Å². The second kappa shape index (κ2) is 7.25. The van der Waals surface area contributed by atoms with Crippen molar-refractivity contribution < 1.29 is 18.8 Å². The number of imide groups is 1. The molecule has 1 atom stereocenters. The molecule has 3 aromatic rings. The minimum absolute atomic E-state index is 0.205. The van der Waals surface area contributed by atoms with Gasteiger partial charge in [-0.05, 0) is 36.8 Å². The standard InChI is InChI=1S/C20H17FN4O3S/c1-20(12-6-8-13(21)9-7-12)18(27)25(19(28)24-20)11-16(26)22-10-17-23-14-4-2-3-5-15(14)29-17/h2-9H,10-11H2,1H3,(H,22,26)(H,24,28). The van der Waals surface area contributed by atoms with Crippen LogP contribution in [0.15, 0.2) is 48.5 Å². The Morgan fingerprint density at radius 1 is 1.21 bits per heavy atom. The Balaban J connectivity index is 1.41. The van der Waals surface area contributed by atoms with Gasteiger partial charge in [-0.15, -0.1) is 11.3 Å². The molecule has 4 rings (SSSR count). The van der Waals surface area contributed by atoms with Gasteiger partial charge in [-0.3, -0.25) is 14.5 Å². The Morgan fingerprint density at radius 3 is 2.66 bits per heavy atom. The average molecular weight is 412 g/mol. The van der Waals surface area contributed by atoms with E-state index in [0.717, 1.165) is 20.1 Å². The van der Waals surface area contributed by atoms with Crippen LogP contribution in [-0.2, 0) is 21.7 Å². The van der Waals surface area contributed by atoms with Gasteiger partial charge in [0.25, 0.3) is 5.91 Å². The molecule has 29 heavy (non-hydrogen) atoms. The Kier molecular flexibility index (Phi) is 4.75. The summed E-state index contributed by atoms with van der Waals surface area (Å²) in [4.78, 5) is 42.7. The van der Waals surface area contributed by atoms with Gasteiger partial charge >= 0.3 is 6.03 Å². The fourth-order valence-electron chi connectivity index (χ4n) is 3.19. The van der Waals surface area contributed by atoms with Crippen LogP contribution in [0, 0.1) is 5.82 Å². The first-order valence-electron chi connectivity index (χ1n) is 8.88. The molecule has 0 aliphatic carbocycles. The molecule has 1 saturated heterocycles. The smallest absolute Gasteiger partial charge is 0.325 e. The SMILES string of the molecule is CC1(c2ccc(F)cc2)NC(=O)N(CC(=O)NCc2nc3ccccc3s2)C1=O. The zero-order valence-electron chi connectivity index (χ0n) is 15.4. The highest BCUT2D eigenvalue weighted by molar-refractivity contribution is 7.18. The molecule has 4 amide bonds. The number of hydrogen-bond donors (Lipinski definition) is 2. The molecule has 1 fully saturated rings. The number of hydrogen-bond acceptors (Lipinski definition) is 5. The molecule has 2 N–H and O–H groups in total. The zero-order chi connectivity index (χ0) is 20.6. The molecule has 1 aliphatic rings. The van der Waals surface area contributed by atoms with E-state index in [4.69, 9.17) is 0 Å². The molecular formula is C20H17FN4O3S. The van der Waals surface area contributed by atoms with Gasteiger partial charge in [-0.25, -0.2) is 14.2 Å². The Bertz CT molecular complexity index is 1080. The topological polar surface area (TPSA) is 91.4 Å². The summed E-state index contributed by atoms with van der Waals surface area (Å²) < 4.78 is 14.2. The lowest BCUT2D eigenvalue weighted by Gasteiger charge is -2.22. The van der Waals surface area contributed by atoms with Gasteiger partial charge in [-0.1, -0.05) is 24.3 Å². The minimum atomic E-state index is -1.35. The largest absolute Gasteiger partial charge is 0.348 e. The van der Waals surface area contributed by atoms with Crippen LogP contribution in [0.1, 0.15) is 17.5 Å². The van der Waals surface area contributed by atoms with Crippen molar-refractivity contribution in [2.24, 2.45) is 0 Å². The van der Waals surface area contributed by atoms with Crippen molar-refractivity contribution in [3.8, 4) is 0 Å². The Labute approximate surface area is 169 Å². The number of halogens is 1. The third-order valence-corrected chi connectivity index (χ3v) is 5.81. The number of urea groups is 1. The van der Waals surface area contributed by atoms with Gasteiger partial charge in [0.05, 0.1) is 16.8 Å². The van der Waals surface area contributed by atoms with Gasteiger partial charge in [0.15, 0.2) is 0 Å². The van der Waals surface area contributed by atoms with Crippen molar-refractivity contribution >= 4 is 39.4 Å². The molecule has 0 saturated carbocycles. The summed E-state index contributed by atoms with van der Waals surface area (Å²) in [6, 6.07) is 12.3. The fraction of sp³-hybridized carbons (Fsp3) is 0.200. The molecular weight excluding hydrogens is 395 g/mol. The van der Waals surface area contributed by atoms with Crippen LogP contribution in [0.3, 0.4) is 0 Å². The van der Waals surface area contributed by atoms with E-state index in [1.807, 2.05) is 24.3 Å². The van der Waals surface area contributed by atoms with Gasteiger partial charge < -0.3 is 10.6 Å².